The van der Waals surface area contributed by atoms with Gasteiger partial charge in [-0.2, -0.15) is 4.98 Å². The molecule has 0 saturated carbocycles. The maximum atomic E-state index is 12.5. The minimum absolute atomic E-state index is 0.0790. The molecule has 27 heavy (non-hydrogen) atoms. The zero-order chi connectivity index (χ0) is 18.8. The first-order valence-electron chi connectivity index (χ1n) is 8.67. The maximum Gasteiger partial charge on any atom is 0.229 e. The minimum atomic E-state index is -0.395. The molecular formula is C20H18N4O3. The third kappa shape index (κ3) is 3.57. The van der Waals surface area contributed by atoms with Gasteiger partial charge in [0.2, 0.25) is 23.5 Å². The summed E-state index contributed by atoms with van der Waals surface area (Å²) in [5.41, 5.74) is 2.20. The standard InChI is InChI=1S/C20H18N4O3/c1-13-21-19(23-27-13)14-6-5-9-17(10-14)24-12-15(11-18(24)25)20(26)22-16-7-3-2-4-8-16/h2-10,15H,11-12H2,1H3,(H,22,26)/t15-/m1/s1. The molecule has 1 atom stereocenters. The van der Waals surface area contributed by atoms with Crippen LogP contribution in [0.25, 0.3) is 11.4 Å². The van der Waals surface area contributed by atoms with Gasteiger partial charge in [0.25, 0.3) is 0 Å². The Kier molecular flexibility index (Phi) is 4.42. The topological polar surface area (TPSA) is 88.3 Å². The van der Waals surface area contributed by atoms with Gasteiger partial charge in [-0.15, -0.1) is 0 Å². The molecule has 136 valence electrons. The lowest BCUT2D eigenvalue weighted by Crippen LogP contribution is -2.28. The molecule has 0 radical (unpaired) electrons. The van der Waals surface area contributed by atoms with Gasteiger partial charge in [-0.1, -0.05) is 35.5 Å². The zero-order valence-electron chi connectivity index (χ0n) is 14.8. The van der Waals surface area contributed by atoms with Gasteiger partial charge in [0.05, 0.1) is 5.92 Å². The molecule has 1 N–H and O–H groups in total. The summed E-state index contributed by atoms with van der Waals surface area (Å²) in [4.78, 5) is 30.8. The van der Waals surface area contributed by atoms with E-state index >= 15 is 0 Å². The van der Waals surface area contributed by atoms with Gasteiger partial charge in [0, 0.05) is 36.8 Å². The average molecular weight is 362 g/mol. The SMILES string of the molecule is Cc1nc(-c2cccc(N3C[C@H](C(=O)Nc4ccccc4)CC3=O)c2)no1. The second-order valence-electron chi connectivity index (χ2n) is 6.45. The molecule has 0 bridgehead atoms. The smallest absolute Gasteiger partial charge is 0.229 e. The van der Waals surface area contributed by atoms with Crippen LogP contribution >= 0.6 is 0 Å². The van der Waals surface area contributed by atoms with E-state index in [2.05, 4.69) is 15.5 Å². The summed E-state index contributed by atoms with van der Waals surface area (Å²) in [5.74, 6) is 0.324. The second-order valence-corrected chi connectivity index (χ2v) is 6.45. The number of hydrogen-bond acceptors (Lipinski definition) is 5. The van der Waals surface area contributed by atoms with Crippen LogP contribution in [0.4, 0.5) is 11.4 Å². The van der Waals surface area contributed by atoms with E-state index in [1.54, 1.807) is 11.8 Å². The van der Waals surface area contributed by atoms with Crippen molar-refractivity contribution >= 4 is 23.2 Å². The quantitative estimate of drug-likeness (QED) is 0.771. The maximum absolute atomic E-state index is 12.5. The number of nitrogens with one attached hydrogen (secondary N) is 1. The lowest BCUT2D eigenvalue weighted by Gasteiger charge is -2.17. The molecule has 0 unspecified atom stereocenters. The molecule has 3 aromatic rings. The molecule has 7 nitrogen and oxygen atoms in total. The van der Waals surface area contributed by atoms with Crippen LogP contribution in [0.3, 0.4) is 0 Å². The van der Waals surface area contributed by atoms with Gasteiger partial charge in [0.1, 0.15) is 0 Å². The third-order valence-electron chi connectivity index (χ3n) is 4.48. The highest BCUT2D eigenvalue weighted by Gasteiger charge is 2.35. The van der Waals surface area contributed by atoms with E-state index in [1.165, 1.54) is 0 Å². The molecule has 1 fully saturated rings. The number of rotatable bonds is 4. The Bertz CT molecular complexity index is 984. The minimum Gasteiger partial charge on any atom is -0.339 e. The van der Waals surface area contributed by atoms with Crippen molar-refractivity contribution in [3.8, 4) is 11.4 Å². The zero-order valence-corrected chi connectivity index (χ0v) is 14.8. The Morgan fingerprint density at radius 2 is 2.00 bits per heavy atom. The van der Waals surface area contributed by atoms with E-state index in [9.17, 15) is 9.59 Å². The molecule has 1 aliphatic rings. The summed E-state index contributed by atoms with van der Waals surface area (Å²) in [7, 11) is 0. The Morgan fingerprint density at radius 3 is 2.74 bits per heavy atom. The highest BCUT2D eigenvalue weighted by molar-refractivity contribution is 6.03. The number of para-hydroxylation sites is 1. The van der Waals surface area contributed by atoms with Crippen molar-refractivity contribution < 1.29 is 14.1 Å². The van der Waals surface area contributed by atoms with Crippen molar-refractivity contribution in [2.75, 3.05) is 16.8 Å². The Labute approximate surface area is 156 Å². The largest absolute Gasteiger partial charge is 0.339 e. The van der Waals surface area contributed by atoms with E-state index in [0.29, 0.717) is 18.3 Å². The van der Waals surface area contributed by atoms with Crippen LogP contribution in [0, 0.1) is 12.8 Å². The van der Waals surface area contributed by atoms with Crippen LogP contribution in [0.15, 0.2) is 59.1 Å². The highest BCUT2D eigenvalue weighted by Crippen LogP contribution is 2.29. The lowest BCUT2D eigenvalue weighted by atomic mass is 10.1. The van der Waals surface area contributed by atoms with Crippen LogP contribution in [0.1, 0.15) is 12.3 Å². The molecular weight excluding hydrogens is 344 g/mol. The average Bonchev–Trinajstić information content (AvgIpc) is 3.29. The van der Waals surface area contributed by atoms with Crippen molar-refractivity contribution in [2.24, 2.45) is 5.92 Å². The van der Waals surface area contributed by atoms with Gasteiger partial charge >= 0.3 is 0 Å². The molecule has 4 rings (SSSR count). The predicted molar refractivity (Wildman–Crippen MR) is 100 cm³/mol. The predicted octanol–water partition coefficient (Wildman–Crippen LogP) is 3.04. The fraction of sp³-hybridized carbons (Fsp3) is 0.200. The second kappa shape index (κ2) is 7.03. The number of nitrogens with zero attached hydrogens (tertiary/aromatic N) is 3. The van der Waals surface area contributed by atoms with Crippen LogP contribution in [0.5, 0.6) is 0 Å². The van der Waals surface area contributed by atoms with Gasteiger partial charge < -0.3 is 14.7 Å². The number of aromatic nitrogens is 2. The molecule has 1 saturated heterocycles. The van der Waals surface area contributed by atoms with Crippen LogP contribution in [-0.2, 0) is 9.59 Å². The Hall–Kier alpha value is -3.48. The molecule has 1 aliphatic heterocycles. The molecule has 2 aromatic carbocycles. The van der Waals surface area contributed by atoms with E-state index in [4.69, 9.17) is 4.52 Å². The van der Waals surface area contributed by atoms with Crippen molar-refractivity contribution in [1.82, 2.24) is 10.1 Å². The summed E-state index contributed by atoms with van der Waals surface area (Å²) in [6.07, 6.45) is 0.185. The van der Waals surface area contributed by atoms with Gasteiger partial charge in [0.15, 0.2) is 0 Å². The number of aryl methyl sites for hydroxylation is 1. The summed E-state index contributed by atoms with van der Waals surface area (Å²) >= 11 is 0. The lowest BCUT2D eigenvalue weighted by molar-refractivity contribution is -0.122. The van der Waals surface area contributed by atoms with Gasteiger partial charge in [-0.25, -0.2) is 0 Å². The molecule has 0 spiro atoms. The number of anilines is 2. The first-order chi connectivity index (χ1) is 13.1. The number of hydrogen-bond donors (Lipinski definition) is 1. The summed E-state index contributed by atoms with van der Waals surface area (Å²) in [5, 5.41) is 6.78. The summed E-state index contributed by atoms with van der Waals surface area (Å²) in [6.45, 7) is 2.06. The van der Waals surface area contributed by atoms with E-state index in [1.807, 2.05) is 54.6 Å². The Morgan fingerprint density at radius 1 is 1.19 bits per heavy atom. The number of benzene rings is 2. The highest BCUT2D eigenvalue weighted by atomic mass is 16.5. The van der Waals surface area contributed by atoms with E-state index < -0.39 is 5.92 Å². The van der Waals surface area contributed by atoms with Crippen molar-refractivity contribution in [1.29, 1.82) is 0 Å². The van der Waals surface area contributed by atoms with Crippen LogP contribution in [0.2, 0.25) is 0 Å². The normalized spacial score (nSPS) is 16.6. The van der Waals surface area contributed by atoms with E-state index in [-0.39, 0.29) is 18.2 Å². The summed E-state index contributed by atoms with van der Waals surface area (Å²) in [6, 6.07) is 16.6. The van der Waals surface area contributed by atoms with Crippen molar-refractivity contribution in [3.63, 3.8) is 0 Å². The van der Waals surface area contributed by atoms with Crippen LogP contribution in [-0.4, -0.2) is 28.5 Å². The van der Waals surface area contributed by atoms with E-state index in [0.717, 1.165) is 16.9 Å². The first kappa shape index (κ1) is 17.0. The Balaban J connectivity index is 1.50. The first-order valence-corrected chi connectivity index (χ1v) is 8.67. The summed E-state index contributed by atoms with van der Waals surface area (Å²) < 4.78 is 5.02. The molecule has 0 aliphatic carbocycles. The molecule has 1 aromatic heterocycles. The fourth-order valence-electron chi connectivity index (χ4n) is 3.13. The number of carbonyl (C=O) groups is 2. The number of carbonyl (C=O) groups excluding carboxylic acids is 2. The molecule has 2 heterocycles. The molecule has 7 heteroatoms. The monoisotopic (exact) mass is 362 g/mol. The fourth-order valence-corrected chi connectivity index (χ4v) is 3.13. The van der Waals surface area contributed by atoms with Gasteiger partial charge in [-0.3, -0.25) is 9.59 Å². The van der Waals surface area contributed by atoms with Crippen molar-refractivity contribution in [2.45, 2.75) is 13.3 Å². The van der Waals surface area contributed by atoms with Crippen LogP contribution < -0.4 is 10.2 Å². The number of amides is 2. The van der Waals surface area contributed by atoms with Gasteiger partial charge in [-0.05, 0) is 24.3 Å². The van der Waals surface area contributed by atoms with Crippen molar-refractivity contribution in [3.05, 3.63) is 60.5 Å². The third-order valence-corrected chi connectivity index (χ3v) is 4.48. The molecule has 2 amide bonds.